The van der Waals surface area contributed by atoms with Crippen molar-refractivity contribution in [3.05, 3.63) is 0 Å². The van der Waals surface area contributed by atoms with Gasteiger partial charge in [-0.15, -0.1) is 0 Å². The maximum Gasteiger partial charge on any atom is 0.327 e. The molecule has 1 aliphatic rings. The second kappa shape index (κ2) is 7.03. The number of carbonyl (C=O) groups is 1. The Labute approximate surface area is 85.8 Å². The summed E-state index contributed by atoms with van der Waals surface area (Å²) in [5.74, 6) is 0. The highest BCUT2D eigenvalue weighted by Gasteiger charge is 2.17. The van der Waals surface area contributed by atoms with Crippen LogP contribution in [-0.2, 0) is 0 Å². The second-order valence-electron chi connectivity index (χ2n) is 2.71. The fourth-order valence-electron chi connectivity index (χ4n) is 1.08. The van der Waals surface area contributed by atoms with Gasteiger partial charge < -0.3 is 9.80 Å². The maximum absolute atomic E-state index is 11.0. The number of likely N-dealkylation sites (N-methyl/N-ethyl adjacent to an activating group) is 1. The van der Waals surface area contributed by atoms with Gasteiger partial charge in [0.25, 0.3) is 0 Å². The Kier molecular flexibility index (Phi) is 6.80. The van der Waals surface area contributed by atoms with Gasteiger partial charge in [-0.3, -0.25) is 4.72 Å². The van der Waals surface area contributed by atoms with Crippen molar-refractivity contribution >= 4 is 18.8 Å². The quantitative estimate of drug-likeness (QED) is 0.574. The highest BCUT2D eigenvalue weighted by atomic mass is 32.1. The predicted octanol–water partition coefficient (Wildman–Crippen LogP) is 0.814. The summed E-state index contributed by atoms with van der Waals surface area (Å²) in [4.78, 5) is 14.9. The van der Waals surface area contributed by atoms with Crippen molar-refractivity contribution in [1.29, 1.82) is 0 Å². The van der Waals surface area contributed by atoms with Crippen molar-refractivity contribution in [2.45, 2.75) is 13.8 Å². The maximum atomic E-state index is 11.0. The number of rotatable bonds is 0. The molecule has 78 valence electrons. The first-order valence-corrected chi connectivity index (χ1v) is 5.06. The Morgan fingerprint density at radius 2 is 1.69 bits per heavy atom. The Bertz CT molecular complexity index is 146. The minimum Gasteiger partial charge on any atom is -0.322 e. The number of piperazine rings is 1. The molecule has 1 aliphatic heterocycles. The van der Waals surface area contributed by atoms with Crippen molar-refractivity contribution in [3.8, 4) is 0 Å². The van der Waals surface area contributed by atoms with E-state index >= 15 is 0 Å². The van der Waals surface area contributed by atoms with Crippen molar-refractivity contribution < 1.29 is 4.79 Å². The van der Waals surface area contributed by atoms with Gasteiger partial charge in [0.05, 0.1) is 0 Å². The molecule has 0 bridgehead atoms. The van der Waals surface area contributed by atoms with Crippen LogP contribution in [0.1, 0.15) is 13.8 Å². The highest BCUT2D eigenvalue weighted by Crippen LogP contribution is 1.98. The molecule has 1 heterocycles. The molecule has 0 aromatic heterocycles. The average molecular weight is 205 g/mol. The third-order valence-electron chi connectivity index (χ3n) is 1.89. The van der Waals surface area contributed by atoms with Crippen LogP contribution in [0, 0.1) is 0 Å². The van der Waals surface area contributed by atoms with E-state index in [4.69, 9.17) is 0 Å². The molecule has 1 fully saturated rings. The van der Waals surface area contributed by atoms with Crippen LogP contribution in [0.25, 0.3) is 0 Å². The number of nitrogens with zero attached hydrogens (tertiary/aromatic N) is 2. The first kappa shape index (κ1) is 12.6. The van der Waals surface area contributed by atoms with E-state index in [9.17, 15) is 4.79 Å². The molecule has 0 aromatic rings. The van der Waals surface area contributed by atoms with E-state index in [1.165, 1.54) is 0 Å². The van der Waals surface area contributed by atoms with Gasteiger partial charge in [-0.25, -0.2) is 4.79 Å². The van der Waals surface area contributed by atoms with Gasteiger partial charge in [0, 0.05) is 26.2 Å². The lowest BCUT2D eigenvalue weighted by atomic mass is 10.3. The lowest BCUT2D eigenvalue weighted by molar-refractivity contribution is 0.159. The molecule has 13 heavy (non-hydrogen) atoms. The van der Waals surface area contributed by atoms with Crippen LogP contribution in [0.2, 0.25) is 0 Å². The van der Waals surface area contributed by atoms with E-state index in [2.05, 4.69) is 29.5 Å². The fraction of sp³-hybridized carbons (Fsp3) is 0.875. The summed E-state index contributed by atoms with van der Waals surface area (Å²) in [6.07, 6.45) is 0. The minimum atomic E-state index is -0.0959. The van der Waals surface area contributed by atoms with Crippen LogP contribution < -0.4 is 4.72 Å². The zero-order valence-corrected chi connectivity index (χ0v) is 9.47. The van der Waals surface area contributed by atoms with Gasteiger partial charge >= 0.3 is 6.03 Å². The van der Waals surface area contributed by atoms with Crippen molar-refractivity contribution in [2.75, 3.05) is 33.2 Å². The van der Waals surface area contributed by atoms with Crippen molar-refractivity contribution in [2.24, 2.45) is 0 Å². The van der Waals surface area contributed by atoms with E-state index in [1.807, 2.05) is 13.8 Å². The van der Waals surface area contributed by atoms with Gasteiger partial charge in [-0.2, -0.15) is 0 Å². The zero-order chi connectivity index (χ0) is 10.3. The van der Waals surface area contributed by atoms with Crippen LogP contribution in [0.4, 0.5) is 4.79 Å². The number of nitrogens with one attached hydrogen (secondary N) is 1. The molecule has 5 heteroatoms. The van der Waals surface area contributed by atoms with E-state index in [0.717, 1.165) is 26.2 Å². The van der Waals surface area contributed by atoms with E-state index in [1.54, 1.807) is 4.90 Å². The number of urea groups is 1. The number of hydrogen-bond donors (Lipinski definition) is 2. The minimum absolute atomic E-state index is 0.0959. The molecule has 0 aromatic carbocycles. The van der Waals surface area contributed by atoms with Gasteiger partial charge in [0.2, 0.25) is 0 Å². The lowest BCUT2D eigenvalue weighted by Crippen LogP contribution is -2.49. The summed E-state index contributed by atoms with van der Waals surface area (Å²) in [5, 5.41) is 0. The first-order chi connectivity index (χ1) is 6.24. The molecular formula is C8H19N3OS. The molecular weight excluding hydrogens is 186 g/mol. The summed E-state index contributed by atoms with van der Waals surface area (Å²) in [6.45, 7) is 7.48. The molecule has 1 rings (SSSR count). The smallest absolute Gasteiger partial charge is 0.322 e. The SMILES string of the molecule is CC.CN1CCN(C(=O)NS)CC1. The van der Waals surface area contributed by atoms with Crippen molar-refractivity contribution in [3.63, 3.8) is 0 Å². The molecule has 1 saturated heterocycles. The third-order valence-corrected chi connectivity index (χ3v) is 2.08. The van der Waals surface area contributed by atoms with E-state index < -0.39 is 0 Å². The summed E-state index contributed by atoms with van der Waals surface area (Å²) < 4.78 is 2.31. The molecule has 1 N–H and O–H groups in total. The van der Waals surface area contributed by atoms with Crippen LogP contribution in [-0.4, -0.2) is 49.1 Å². The topological polar surface area (TPSA) is 35.6 Å². The molecule has 0 spiro atoms. The van der Waals surface area contributed by atoms with Gasteiger partial charge in [-0.05, 0) is 7.05 Å². The Morgan fingerprint density at radius 1 is 1.23 bits per heavy atom. The predicted molar refractivity (Wildman–Crippen MR) is 57.9 cm³/mol. The number of amides is 2. The number of thiol groups is 1. The summed E-state index contributed by atoms with van der Waals surface area (Å²) >= 11 is 3.69. The van der Waals surface area contributed by atoms with Gasteiger partial charge in [-0.1, -0.05) is 26.7 Å². The van der Waals surface area contributed by atoms with E-state index in [-0.39, 0.29) is 6.03 Å². The molecule has 0 atom stereocenters. The van der Waals surface area contributed by atoms with Crippen LogP contribution in [0.5, 0.6) is 0 Å². The number of carbonyl (C=O) groups excluding carboxylic acids is 1. The third kappa shape index (κ3) is 4.38. The van der Waals surface area contributed by atoms with E-state index in [0.29, 0.717) is 0 Å². The molecule has 0 radical (unpaired) electrons. The van der Waals surface area contributed by atoms with Crippen molar-refractivity contribution in [1.82, 2.24) is 14.5 Å². The lowest BCUT2D eigenvalue weighted by Gasteiger charge is -2.31. The summed E-state index contributed by atoms with van der Waals surface area (Å²) in [5.41, 5.74) is 0. The van der Waals surface area contributed by atoms with Gasteiger partial charge in [0.15, 0.2) is 0 Å². The van der Waals surface area contributed by atoms with Gasteiger partial charge in [0.1, 0.15) is 0 Å². The summed E-state index contributed by atoms with van der Waals surface area (Å²) in [7, 11) is 2.05. The van der Waals surface area contributed by atoms with Crippen LogP contribution in [0.3, 0.4) is 0 Å². The standard InChI is InChI=1S/C6H13N3OS.C2H6/c1-8-2-4-9(5-3-8)6(10)7-11;1-2/h11H,2-5H2,1H3,(H,7,10);1-2H3. The monoisotopic (exact) mass is 205 g/mol. The summed E-state index contributed by atoms with van der Waals surface area (Å²) in [6, 6.07) is -0.0959. The molecule has 2 amide bonds. The Morgan fingerprint density at radius 3 is 2.08 bits per heavy atom. The van der Waals surface area contributed by atoms with Crippen LogP contribution in [0.15, 0.2) is 0 Å². The van der Waals surface area contributed by atoms with Crippen LogP contribution >= 0.6 is 12.8 Å². The molecule has 0 saturated carbocycles. The highest BCUT2D eigenvalue weighted by molar-refractivity contribution is 7.78. The molecule has 0 unspecified atom stereocenters. The molecule has 0 aliphatic carbocycles. The first-order valence-electron chi connectivity index (χ1n) is 4.61. The fourth-order valence-corrected chi connectivity index (χ4v) is 1.22. The number of hydrogen-bond acceptors (Lipinski definition) is 3. The largest absolute Gasteiger partial charge is 0.327 e. The Balaban J connectivity index is 0.000000671. The Hall–Kier alpha value is -0.420. The average Bonchev–Trinajstić information content (AvgIpc) is 2.21. The normalized spacial score (nSPS) is 17.4. The second-order valence-corrected chi connectivity index (χ2v) is 2.93. The zero-order valence-electron chi connectivity index (χ0n) is 8.58. The molecule has 4 nitrogen and oxygen atoms in total.